The van der Waals surface area contributed by atoms with E-state index < -0.39 is 11.9 Å². The molecule has 1 unspecified atom stereocenters. The molecule has 0 saturated carbocycles. The Morgan fingerprint density at radius 2 is 2.29 bits per heavy atom. The Morgan fingerprint density at radius 1 is 1.53 bits per heavy atom. The highest BCUT2D eigenvalue weighted by Crippen LogP contribution is 2.27. The third-order valence-corrected chi connectivity index (χ3v) is 2.70. The zero-order chi connectivity index (χ0) is 12.4. The summed E-state index contributed by atoms with van der Waals surface area (Å²) in [6.07, 6.45) is 0.602. The Bertz CT molecular complexity index is 509. The maximum atomic E-state index is 13.6. The number of aryl methyl sites for hydroxylation is 1. The van der Waals surface area contributed by atoms with Crippen molar-refractivity contribution in [3.63, 3.8) is 0 Å². The summed E-state index contributed by atoms with van der Waals surface area (Å²) in [7, 11) is 0. The van der Waals surface area contributed by atoms with E-state index in [1.54, 1.807) is 6.07 Å². The van der Waals surface area contributed by atoms with Crippen LogP contribution in [0.5, 0.6) is 0 Å². The van der Waals surface area contributed by atoms with Crippen LogP contribution in [0.1, 0.15) is 30.2 Å². The molecule has 1 aromatic carbocycles. The molecule has 2 rings (SSSR count). The van der Waals surface area contributed by atoms with Gasteiger partial charge in [0.2, 0.25) is 5.89 Å². The number of nitrogens with two attached hydrogens (primary N) is 1. The van der Waals surface area contributed by atoms with E-state index in [1.165, 1.54) is 12.1 Å². The molecule has 1 heterocycles. The van der Waals surface area contributed by atoms with Crippen molar-refractivity contribution in [3.05, 3.63) is 46.3 Å². The fourth-order valence-corrected chi connectivity index (χ4v) is 1.76. The minimum atomic E-state index is -0.826. The first-order chi connectivity index (χ1) is 8.13. The third kappa shape index (κ3) is 2.30. The molecule has 0 spiro atoms. The maximum Gasteiger partial charge on any atom is 0.226 e. The first-order valence-corrected chi connectivity index (χ1v) is 5.53. The van der Waals surface area contributed by atoms with E-state index in [9.17, 15) is 4.39 Å². The number of hydrogen-bond donors (Lipinski definition) is 1. The standard InChI is InChI=1S/C11H11ClFN3O/c1-2-8-15-11(16-17-8)10(14)9-6(12)4-3-5-7(9)13/h3-5,10H,2,14H2,1H3. The minimum Gasteiger partial charge on any atom is -0.339 e. The van der Waals surface area contributed by atoms with Crippen LogP contribution in [0.25, 0.3) is 0 Å². The lowest BCUT2D eigenvalue weighted by molar-refractivity contribution is 0.374. The van der Waals surface area contributed by atoms with Crippen LogP contribution in [0.3, 0.4) is 0 Å². The zero-order valence-electron chi connectivity index (χ0n) is 9.15. The van der Waals surface area contributed by atoms with Gasteiger partial charge >= 0.3 is 0 Å². The van der Waals surface area contributed by atoms with Gasteiger partial charge in [-0.1, -0.05) is 29.7 Å². The molecule has 90 valence electrons. The highest BCUT2D eigenvalue weighted by molar-refractivity contribution is 6.31. The molecule has 0 radical (unpaired) electrons. The number of aromatic nitrogens is 2. The molecular weight excluding hydrogens is 245 g/mol. The zero-order valence-corrected chi connectivity index (χ0v) is 9.91. The lowest BCUT2D eigenvalue weighted by Crippen LogP contribution is -2.16. The average Bonchev–Trinajstić information content (AvgIpc) is 2.77. The van der Waals surface area contributed by atoms with E-state index in [1.807, 2.05) is 6.92 Å². The van der Waals surface area contributed by atoms with Crippen molar-refractivity contribution in [2.45, 2.75) is 19.4 Å². The molecule has 0 bridgehead atoms. The molecule has 0 aliphatic rings. The van der Waals surface area contributed by atoms with E-state index >= 15 is 0 Å². The van der Waals surface area contributed by atoms with E-state index in [-0.39, 0.29) is 16.4 Å². The molecular formula is C11H11ClFN3O. The molecule has 2 aromatic rings. The van der Waals surface area contributed by atoms with E-state index in [4.69, 9.17) is 21.9 Å². The Hall–Kier alpha value is -1.46. The number of nitrogens with zero attached hydrogens (tertiary/aromatic N) is 2. The normalized spacial score (nSPS) is 12.7. The van der Waals surface area contributed by atoms with Crippen LogP contribution in [0.2, 0.25) is 5.02 Å². The predicted molar refractivity (Wildman–Crippen MR) is 61.1 cm³/mol. The third-order valence-electron chi connectivity index (χ3n) is 2.38. The van der Waals surface area contributed by atoms with E-state index in [2.05, 4.69) is 10.1 Å². The van der Waals surface area contributed by atoms with Crippen LogP contribution >= 0.6 is 11.6 Å². The summed E-state index contributed by atoms with van der Waals surface area (Å²) >= 11 is 5.91. The molecule has 0 aliphatic heterocycles. The summed E-state index contributed by atoms with van der Waals surface area (Å²) < 4.78 is 18.6. The average molecular weight is 256 g/mol. The molecule has 2 N–H and O–H groups in total. The van der Waals surface area contributed by atoms with Gasteiger partial charge in [-0.25, -0.2) is 4.39 Å². The van der Waals surface area contributed by atoms with Crippen LogP contribution < -0.4 is 5.73 Å². The molecule has 4 nitrogen and oxygen atoms in total. The van der Waals surface area contributed by atoms with Crippen molar-refractivity contribution in [1.82, 2.24) is 10.1 Å². The van der Waals surface area contributed by atoms with Gasteiger partial charge in [0.25, 0.3) is 0 Å². The van der Waals surface area contributed by atoms with Gasteiger partial charge < -0.3 is 10.3 Å². The van der Waals surface area contributed by atoms with Gasteiger partial charge in [0.05, 0.1) is 6.04 Å². The molecule has 0 aliphatic carbocycles. The van der Waals surface area contributed by atoms with Crippen molar-refractivity contribution in [2.75, 3.05) is 0 Å². The summed E-state index contributed by atoms with van der Waals surface area (Å²) in [6, 6.07) is 3.55. The molecule has 6 heteroatoms. The van der Waals surface area contributed by atoms with Crippen LogP contribution in [0, 0.1) is 5.82 Å². The first kappa shape index (κ1) is 12.0. The van der Waals surface area contributed by atoms with Crippen LogP contribution in [-0.2, 0) is 6.42 Å². The highest BCUT2D eigenvalue weighted by Gasteiger charge is 2.21. The van der Waals surface area contributed by atoms with Gasteiger partial charge in [0.15, 0.2) is 5.82 Å². The molecule has 1 atom stereocenters. The van der Waals surface area contributed by atoms with Crippen molar-refractivity contribution < 1.29 is 8.91 Å². The SMILES string of the molecule is CCc1nc(C(N)c2c(F)cccc2Cl)no1. The summed E-state index contributed by atoms with van der Waals surface area (Å²) in [5, 5.41) is 3.96. The van der Waals surface area contributed by atoms with Crippen LogP contribution in [0.4, 0.5) is 4.39 Å². The Kier molecular flexibility index (Phi) is 3.40. The maximum absolute atomic E-state index is 13.6. The van der Waals surface area contributed by atoms with E-state index in [0.717, 1.165) is 0 Å². The Labute approximate surface area is 103 Å². The first-order valence-electron chi connectivity index (χ1n) is 5.15. The van der Waals surface area contributed by atoms with Crippen molar-refractivity contribution in [3.8, 4) is 0 Å². The second-order valence-electron chi connectivity index (χ2n) is 3.51. The lowest BCUT2D eigenvalue weighted by Gasteiger charge is -2.10. The summed E-state index contributed by atoms with van der Waals surface area (Å²) in [5.41, 5.74) is 6.05. The van der Waals surface area contributed by atoms with Gasteiger partial charge in [0.1, 0.15) is 5.82 Å². The smallest absolute Gasteiger partial charge is 0.226 e. The minimum absolute atomic E-state index is 0.178. The van der Waals surface area contributed by atoms with Crippen LogP contribution in [0.15, 0.2) is 22.7 Å². The summed E-state index contributed by atoms with van der Waals surface area (Å²) in [5.74, 6) is 0.213. The fraction of sp³-hybridized carbons (Fsp3) is 0.273. The van der Waals surface area contributed by atoms with Gasteiger partial charge in [-0.15, -0.1) is 0 Å². The topological polar surface area (TPSA) is 64.9 Å². The fourth-order valence-electron chi connectivity index (χ4n) is 1.47. The predicted octanol–water partition coefficient (Wildman–Crippen LogP) is 2.47. The number of halogens is 2. The number of hydrogen-bond acceptors (Lipinski definition) is 4. The van der Waals surface area contributed by atoms with Crippen molar-refractivity contribution in [2.24, 2.45) is 5.73 Å². The van der Waals surface area contributed by atoms with Gasteiger partial charge in [-0.05, 0) is 12.1 Å². The summed E-state index contributed by atoms with van der Waals surface area (Å²) in [4.78, 5) is 4.06. The molecule has 0 saturated heterocycles. The Balaban J connectivity index is 2.39. The molecule has 0 fully saturated rings. The summed E-state index contributed by atoms with van der Waals surface area (Å²) in [6.45, 7) is 1.87. The van der Waals surface area contributed by atoms with Crippen molar-refractivity contribution in [1.29, 1.82) is 0 Å². The Morgan fingerprint density at radius 3 is 2.88 bits per heavy atom. The second kappa shape index (κ2) is 4.81. The number of rotatable bonds is 3. The largest absolute Gasteiger partial charge is 0.339 e. The quantitative estimate of drug-likeness (QED) is 0.915. The molecule has 17 heavy (non-hydrogen) atoms. The van der Waals surface area contributed by atoms with Crippen LogP contribution in [-0.4, -0.2) is 10.1 Å². The van der Waals surface area contributed by atoms with Gasteiger partial charge in [-0.2, -0.15) is 4.98 Å². The van der Waals surface area contributed by atoms with Crippen molar-refractivity contribution >= 4 is 11.6 Å². The molecule has 1 aromatic heterocycles. The molecule has 0 amide bonds. The number of benzene rings is 1. The second-order valence-corrected chi connectivity index (χ2v) is 3.92. The van der Waals surface area contributed by atoms with Gasteiger partial charge in [0, 0.05) is 17.0 Å². The van der Waals surface area contributed by atoms with Gasteiger partial charge in [-0.3, -0.25) is 0 Å². The highest BCUT2D eigenvalue weighted by atomic mass is 35.5. The monoisotopic (exact) mass is 255 g/mol. The lowest BCUT2D eigenvalue weighted by atomic mass is 10.1. The van der Waals surface area contributed by atoms with E-state index in [0.29, 0.717) is 12.3 Å².